The lowest BCUT2D eigenvalue weighted by Crippen LogP contribution is -2.51. The van der Waals surface area contributed by atoms with E-state index in [4.69, 9.17) is 0 Å². The number of aromatic nitrogens is 2. The van der Waals surface area contributed by atoms with Gasteiger partial charge in [-0.2, -0.15) is 18.3 Å². The van der Waals surface area contributed by atoms with E-state index in [0.29, 0.717) is 23.1 Å². The third-order valence-electron chi connectivity index (χ3n) is 8.89. The van der Waals surface area contributed by atoms with Gasteiger partial charge in [-0.15, -0.1) is 0 Å². The number of hydrogen-bond donors (Lipinski definition) is 2. The Balaban J connectivity index is 0.00000235. The molecule has 3 fully saturated rings. The van der Waals surface area contributed by atoms with E-state index in [1.165, 1.54) is 21.9 Å². The van der Waals surface area contributed by atoms with Gasteiger partial charge in [0.05, 0.1) is 18.2 Å². The minimum Gasteiger partial charge on any atom is -0.340 e. The SMILES string of the molecule is CC.CC(C(=O)N1CCN(CC(F)(F)F)CC1)c1ccc(NC(=O)C(NC(=O)c2ccnn2C(C)C)C(C2CC2)C2CC2)c(F)c1. The van der Waals surface area contributed by atoms with Crippen molar-refractivity contribution in [2.75, 3.05) is 38.0 Å². The molecule has 1 aromatic heterocycles. The number of carbonyl (C=O) groups excluding carboxylic acids is 3. The van der Waals surface area contributed by atoms with Crippen LogP contribution in [0.3, 0.4) is 0 Å². The number of carbonyl (C=O) groups is 3. The largest absolute Gasteiger partial charge is 0.401 e. The number of piperazine rings is 1. The van der Waals surface area contributed by atoms with Crippen LogP contribution >= 0.6 is 0 Å². The zero-order valence-electron chi connectivity index (χ0n) is 27.2. The molecule has 13 heteroatoms. The van der Waals surface area contributed by atoms with E-state index in [9.17, 15) is 27.6 Å². The second-order valence-electron chi connectivity index (χ2n) is 12.6. The summed E-state index contributed by atoms with van der Waals surface area (Å²) in [5.74, 6) is -2.06. The zero-order chi connectivity index (χ0) is 33.8. The van der Waals surface area contributed by atoms with Crippen molar-refractivity contribution in [3.63, 3.8) is 0 Å². The van der Waals surface area contributed by atoms with Gasteiger partial charge in [0, 0.05) is 38.4 Å². The van der Waals surface area contributed by atoms with Gasteiger partial charge in [-0.25, -0.2) is 4.39 Å². The van der Waals surface area contributed by atoms with E-state index < -0.39 is 42.3 Å². The van der Waals surface area contributed by atoms with Gasteiger partial charge in [0.2, 0.25) is 11.8 Å². The summed E-state index contributed by atoms with van der Waals surface area (Å²) in [7, 11) is 0. The van der Waals surface area contributed by atoms with Gasteiger partial charge >= 0.3 is 6.18 Å². The Kier molecular flexibility index (Phi) is 11.5. The average Bonchev–Trinajstić information content (AvgIpc) is 3.96. The Morgan fingerprint density at radius 1 is 0.957 bits per heavy atom. The molecule has 3 aliphatic rings. The van der Waals surface area contributed by atoms with E-state index in [2.05, 4.69) is 15.7 Å². The topological polar surface area (TPSA) is 99.6 Å². The number of nitrogens with one attached hydrogen (secondary N) is 2. The molecule has 5 rings (SSSR count). The van der Waals surface area contributed by atoms with Crippen LogP contribution in [0.25, 0.3) is 0 Å². The highest BCUT2D eigenvalue weighted by atomic mass is 19.4. The van der Waals surface area contributed by atoms with Crippen LogP contribution in [0.1, 0.15) is 88.3 Å². The molecule has 2 aliphatic carbocycles. The Morgan fingerprint density at radius 2 is 1.57 bits per heavy atom. The Labute approximate surface area is 268 Å². The first-order chi connectivity index (χ1) is 21.8. The third-order valence-corrected chi connectivity index (χ3v) is 8.89. The Hall–Kier alpha value is -3.48. The molecule has 46 heavy (non-hydrogen) atoms. The van der Waals surface area contributed by atoms with Gasteiger partial charge in [0.1, 0.15) is 17.6 Å². The van der Waals surface area contributed by atoms with E-state index in [1.807, 2.05) is 27.7 Å². The summed E-state index contributed by atoms with van der Waals surface area (Å²) < 4.78 is 55.1. The molecule has 2 unspecified atom stereocenters. The maximum atomic E-state index is 15.4. The van der Waals surface area contributed by atoms with Gasteiger partial charge in [-0.05, 0) is 88.0 Å². The molecule has 1 saturated heterocycles. The van der Waals surface area contributed by atoms with Gasteiger partial charge < -0.3 is 15.5 Å². The second kappa shape index (κ2) is 15.0. The van der Waals surface area contributed by atoms with Crippen LogP contribution in [0.15, 0.2) is 30.5 Å². The molecular weight excluding hydrogens is 604 g/mol. The van der Waals surface area contributed by atoms with Crippen LogP contribution in [0, 0.1) is 23.6 Å². The summed E-state index contributed by atoms with van der Waals surface area (Å²) in [6.07, 6.45) is 1.18. The fraction of sp³-hybridized carbons (Fsp3) is 0.636. The van der Waals surface area contributed by atoms with E-state index >= 15 is 4.39 Å². The summed E-state index contributed by atoms with van der Waals surface area (Å²) in [6.45, 7) is 8.96. The van der Waals surface area contributed by atoms with Crippen LogP contribution < -0.4 is 10.6 Å². The Morgan fingerprint density at radius 3 is 2.09 bits per heavy atom. The molecule has 1 aromatic carbocycles. The van der Waals surface area contributed by atoms with Crippen LogP contribution in [-0.4, -0.2) is 82.2 Å². The number of benzene rings is 1. The Bertz CT molecular complexity index is 1350. The highest BCUT2D eigenvalue weighted by Crippen LogP contribution is 2.51. The molecule has 254 valence electrons. The molecule has 9 nitrogen and oxygen atoms in total. The molecule has 2 N–H and O–H groups in total. The van der Waals surface area contributed by atoms with Crippen molar-refractivity contribution >= 4 is 23.4 Å². The highest BCUT2D eigenvalue weighted by Gasteiger charge is 2.48. The molecular formula is C33H46F4N6O3. The number of alkyl halides is 3. The molecule has 0 radical (unpaired) electrons. The lowest BCUT2D eigenvalue weighted by Gasteiger charge is -2.36. The smallest absolute Gasteiger partial charge is 0.340 e. The van der Waals surface area contributed by atoms with E-state index in [0.717, 1.165) is 25.7 Å². The molecule has 2 aromatic rings. The summed E-state index contributed by atoms with van der Waals surface area (Å²) >= 11 is 0. The molecule has 2 heterocycles. The molecule has 0 spiro atoms. The highest BCUT2D eigenvalue weighted by molar-refractivity contribution is 6.01. The van der Waals surface area contributed by atoms with E-state index in [-0.39, 0.29) is 49.7 Å². The molecule has 2 saturated carbocycles. The number of halogens is 4. The van der Waals surface area contributed by atoms with Gasteiger partial charge in [-0.3, -0.25) is 24.0 Å². The monoisotopic (exact) mass is 650 g/mol. The van der Waals surface area contributed by atoms with Crippen molar-refractivity contribution in [1.82, 2.24) is 24.9 Å². The first kappa shape index (κ1) is 35.4. The standard InChI is InChI=1S/C31H40F4N6O3.C2H6/c1-18(2)41-25(10-11-36-41)28(42)38-27(26(20-4-5-20)21-6-7-21)29(43)37-24-9-8-22(16-23(24)32)19(3)30(44)40-14-12-39(13-15-40)17-31(33,34)35;1-2/h8-11,16,18-21,26-27H,4-7,12-15,17H2,1-3H3,(H,37,43)(H,38,42);1-2H3. The third kappa shape index (κ3) is 8.86. The first-order valence-electron chi connectivity index (χ1n) is 16.3. The van der Waals surface area contributed by atoms with Crippen molar-refractivity contribution in [2.45, 2.75) is 84.5 Å². The van der Waals surface area contributed by atoms with Crippen LogP contribution in [0.2, 0.25) is 0 Å². The first-order valence-corrected chi connectivity index (χ1v) is 16.3. The van der Waals surface area contributed by atoms with Crippen molar-refractivity contribution in [1.29, 1.82) is 0 Å². The summed E-state index contributed by atoms with van der Waals surface area (Å²) in [4.78, 5) is 42.9. The fourth-order valence-electron chi connectivity index (χ4n) is 6.26. The van der Waals surface area contributed by atoms with Crippen molar-refractivity contribution in [3.05, 3.63) is 47.5 Å². The molecule has 1 aliphatic heterocycles. The molecule has 3 amide bonds. The number of hydrogen-bond acceptors (Lipinski definition) is 5. The average molecular weight is 651 g/mol. The second-order valence-corrected chi connectivity index (χ2v) is 12.6. The maximum absolute atomic E-state index is 15.4. The molecule has 0 bridgehead atoms. The maximum Gasteiger partial charge on any atom is 0.401 e. The summed E-state index contributed by atoms with van der Waals surface area (Å²) in [6, 6.07) is 4.87. The van der Waals surface area contributed by atoms with Crippen LogP contribution in [-0.2, 0) is 9.59 Å². The van der Waals surface area contributed by atoms with Crippen molar-refractivity contribution < 1.29 is 31.9 Å². The fourth-order valence-corrected chi connectivity index (χ4v) is 6.26. The lowest BCUT2D eigenvalue weighted by atomic mass is 9.88. The molecule has 2 atom stereocenters. The van der Waals surface area contributed by atoms with Gasteiger partial charge in [0.15, 0.2) is 0 Å². The number of rotatable bonds is 11. The zero-order valence-corrected chi connectivity index (χ0v) is 27.2. The quantitative estimate of drug-likeness (QED) is 0.308. The predicted molar refractivity (Wildman–Crippen MR) is 167 cm³/mol. The number of amides is 3. The van der Waals surface area contributed by atoms with Gasteiger partial charge in [-0.1, -0.05) is 19.9 Å². The number of nitrogens with zero attached hydrogens (tertiary/aromatic N) is 4. The lowest BCUT2D eigenvalue weighted by molar-refractivity contribution is -0.152. The van der Waals surface area contributed by atoms with Crippen molar-refractivity contribution in [2.24, 2.45) is 17.8 Å². The van der Waals surface area contributed by atoms with E-state index in [1.54, 1.807) is 29.9 Å². The summed E-state index contributed by atoms with van der Waals surface area (Å²) in [5.41, 5.74) is 0.680. The van der Waals surface area contributed by atoms with Gasteiger partial charge in [0.25, 0.3) is 5.91 Å². The van der Waals surface area contributed by atoms with Crippen molar-refractivity contribution in [3.8, 4) is 0 Å². The normalized spacial score (nSPS) is 18.5. The minimum atomic E-state index is -4.30. The predicted octanol–water partition coefficient (Wildman–Crippen LogP) is 5.61. The summed E-state index contributed by atoms with van der Waals surface area (Å²) in [5, 5.41) is 9.85. The van der Waals surface area contributed by atoms with Crippen LogP contribution in [0.5, 0.6) is 0 Å². The number of anilines is 1. The minimum absolute atomic E-state index is 0.0500. The van der Waals surface area contributed by atoms with Crippen LogP contribution in [0.4, 0.5) is 23.2 Å².